The summed E-state index contributed by atoms with van der Waals surface area (Å²) in [5.74, 6) is 0. The first-order valence-corrected chi connectivity index (χ1v) is 8.13. The zero-order valence-electron chi connectivity index (χ0n) is 13.7. The quantitative estimate of drug-likeness (QED) is 0.896. The van der Waals surface area contributed by atoms with Crippen LogP contribution in [0, 0.1) is 0 Å². The van der Waals surface area contributed by atoms with Gasteiger partial charge in [-0.1, -0.05) is 30.3 Å². The van der Waals surface area contributed by atoms with Crippen LogP contribution < -0.4 is 10.6 Å². The van der Waals surface area contributed by atoms with Crippen molar-refractivity contribution in [3.8, 4) is 0 Å². The summed E-state index contributed by atoms with van der Waals surface area (Å²) < 4.78 is 4.99. The molecule has 0 aromatic heterocycles. The van der Waals surface area contributed by atoms with Gasteiger partial charge in [-0.05, 0) is 32.3 Å². The summed E-state index contributed by atoms with van der Waals surface area (Å²) in [5, 5.41) is 5.92. The van der Waals surface area contributed by atoms with Crippen LogP contribution in [0.1, 0.15) is 38.3 Å². The molecule has 0 bridgehead atoms. The second kappa shape index (κ2) is 8.41. The summed E-state index contributed by atoms with van der Waals surface area (Å²) in [6.07, 6.45) is 1.21. The van der Waals surface area contributed by atoms with Crippen molar-refractivity contribution in [3.05, 3.63) is 35.9 Å². The maximum atomic E-state index is 12.1. The van der Waals surface area contributed by atoms with Crippen molar-refractivity contribution in [1.29, 1.82) is 0 Å². The second-order valence-corrected chi connectivity index (χ2v) is 5.71. The SMILES string of the molecule is CCOC(=O)N1CCC(NC(=O)N[C@H](C)c2ccccc2)CC1. The van der Waals surface area contributed by atoms with Crippen molar-refractivity contribution < 1.29 is 14.3 Å². The molecule has 0 aliphatic carbocycles. The van der Waals surface area contributed by atoms with Gasteiger partial charge in [0.25, 0.3) is 0 Å². The molecule has 0 unspecified atom stereocenters. The van der Waals surface area contributed by atoms with Crippen molar-refractivity contribution in [2.24, 2.45) is 0 Å². The van der Waals surface area contributed by atoms with Crippen LogP contribution in [0.5, 0.6) is 0 Å². The highest BCUT2D eigenvalue weighted by Gasteiger charge is 2.24. The molecular weight excluding hydrogens is 294 g/mol. The van der Waals surface area contributed by atoms with E-state index in [2.05, 4.69) is 10.6 Å². The molecule has 6 heteroatoms. The lowest BCUT2D eigenvalue weighted by atomic mass is 10.1. The molecule has 126 valence electrons. The van der Waals surface area contributed by atoms with E-state index in [1.54, 1.807) is 11.8 Å². The fourth-order valence-electron chi connectivity index (χ4n) is 2.67. The van der Waals surface area contributed by atoms with E-state index in [1.807, 2.05) is 37.3 Å². The zero-order valence-corrected chi connectivity index (χ0v) is 13.7. The molecule has 0 spiro atoms. The number of urea groups is 1. The van der Waals surface area contributed by atoms with E-state index in [4.69, 9.17) is 4.74 Å². The number of likely N-dealkylation sites (tertiary alicyclic amines) is 1. The molecule has 1 fully saturated rings. The summed E-state index contributed by atoms with van der Waals surface area (Å²) in [6, 6.07) is 9.71. The third-order valence-electron chi connectivity index (χ3n) is 4.00. The lowest BCUT2D eigenvalue weighted by Crippen LogP contribution is -2.49. The Kier molecular flexibility index (Phi) is 6.26. The fraction of sp³-hybridized carbons (Fsp3) is 0.529. The van der Waals surface area contributed by atoms with E-state index in [9.17, 15) is 9.59 Å². The smallest absolute Gasteiger partial charge is 0.409 e. The zero-order chi connectivity index (χ0) is 16.7. The number of ether oxygens (including phenoxy) is 1. The molecule has 6 nitrogen and oxygen atoms in total. The van der Waals surface area contributed by atoms with Crippen molar-refractivity contribution in [2.45, 2.75) is 38.8 Å². The Balaban J connectivity index is 1.73. The average Bonchev–Trinajstić information content (AvgIpc) is 2.56. The van der Waals surface area contributed by atoms with Crippen LogP contribution in [0.3, 0.4) is 0 Å². The summed E-state index contributed by atoms with van der Waals surface area (Å²) in [7, 11) is 0. The molecule has 1 saturated heterocycles. The van der Waals surface area contributed by atoms with Gasteiger partial charge < -0.3 is 20.3 Å². The van der Waals surface area contributed by atoms with Crippen LogP contribution >= 0.6 is 0 Å². The standard InChI is InChI=1S/C17H25N3O3/c1-3-23-17(22)20-11-9-15(10-12-20)19-16(21)18-13(2)14-7-5-4-6-8-14/h4-8,13,15H,3,9-12H2,1-2H3,(H2,18,19,21)/t13-/m1/s1. The van der Waals surface area contributed by atoms with Gasteiger partial charge in [0.2, 0.25) is 0 Å². The van der Waals surface area contributed by atoms with E-state index in [0.29, 0.717) is 19.7 Å². The van der Waals surface area contributed by atoms with Gasteiger partial charge in [-0.3, -0.25) is 0 Å². The van der Waals surface area contributed by atoms with E-state index in [1.165, 1.54) is 0 Å². The summed E-state index contributed by atoms with van der Waals surface area (Å²) in [4.78, 5) is 25.4. The van der Waals surface area contributed by atoms with Gasteiger partial charge in [-0.25, -0.2) is 9.59 Å². The summed E-state index contributed by atoms with van der Waals surface area (Å²) in [5.41, 5.74) is 1.07. The van der Waals surface area contributed by atoms with E-state index in [-0.39, 0.29) is 24.2 Å². The third kappa shape index (κ3) is 5.16. The van der Waals surface area contributed by atoms with Gasteiger partial charge in [0.1, 0.15) is 0 Å². The number of rotatable bonds is 4. The van der Waals surface area contributed by atoms with E-state index < -0.39 is 0 Å². The Morgan fingerprint density at radius 3 is 2.52 bits per heavy atom. The molecule has 0 radical (unpaired) electrons. The average molecular weight is 319 g/mol. The highest BCUT2D eigenvalue weighted by Crippen LogP contribution is 2.13. The van der Waals surface area contributed by atoms with Gasteiger partial charge in [0.15, 0.2) is 0 Å². The molecular formula is C17H25N3O3. The normalized spacial score (nSPS) is 16.5. The molecule has 2 N–H and O–H groups in total. The Morgan fingerprint density at radius 1 is 1.26 bits per heavy atom. The topological polar surface area (TPSA) is 70.7 Å². The first-order chi connectivity index (χ1) is 11.1. The largest absolute Gasteiger partial charge is 0.450 e. The van der Waals surface area contributed by atoms with Crippen molar-refractivity contribution in [3.63, 3.8) is 0 Å². The lowest BCUT2D eigenvalue weighted by Gasteiger charge is -2.31. The van der Waals surface area contributed by atoms with Gasteiger partial charge in [0, 0.05) is 19.1 Å². The number of nitrogens with one attached hydrogen (secondary N) is 2. The minimum atomic E-state index is -0.270. The maximum absolute atomic E-state index is 12.1. The molecule has 3 amide bonds. The molecule has 0 saturated carbocycles. The maximum Gasteiger partial charge on any atom is 0.409 e. The van der Waals surface area contributed by atoms with Gasteiger partial charge in [-0.15, -0.1) is 0 Å². The highest BCUT2D eigenvalue weighted by atomic mass is 16.6. The molecule has 1 atom stereocenters. The molecule has 1 aliphatic heterocycles. The van der Waals surface area contributed by atoms with Gasteiger partial charge in [0.05, 0.1) is 12.6 Å². The number of hydrogen-bond acceptors (Lipinski definition) is 3. The molecule has 1 aromatic rings. The lowest BCUT2D eigenvalue weighted by molar-refractivity contribution is 0.0957. The van der Waals surface area contributed by atoms with Crippen LogP contribution in [0.2, 0.25) is 0 Å². The number of amides is 3. The third-order valence-corrected chi connectivity index (χ3v) is 4.00. The van der Waals surface area contributed by atoms with Crippen LogP contribution in [-0.2, 0) is 4.74 Å². The number of carbonyl (C=O) groups is 2. The Bertz CT molecular complexity index is 513. The van der Waals surface area contributed by atoms with E-state index >= 15 is 0 Å². The number of hydrogen-bond donors (Lipinski definition) is 2. The van der Waals surface area contributed by atoms with Crippen molar-refractivity contribution in [1.82, 2.24) is 15.5 Å². The minimum Gasteiger partial charge on any atom is -0.450 e. The molecule has 1 heterocycles. The van der Waals surface area contributed by atoms with E-state index in [0.717, 1.165) is 18.4 Å². The summed E-state index contributed by atoms with van der Waals surface area (Å²) >= 11 is 0. The number of benzene rings is 1. The molecule has 23 heavy (non-hydrogen) atoms. The van der Waals surface area contributed by atoms with Crippen molar-refractivity contribution >= 4 is 12.1 Å². The number of nitrogens with zero attached hydrogens (tertiary/aromatic N) is 1. The Labute approximate surface area is 137 Å². The minimum absolute atomic E-state index is 0.0455. The highest BCUT2D eigenvalue weighted by molar-refractivity contribution is 5.74. The van der Waals surface area contributed by atoms with Crippen LogP contribution in [0.15, 0.2) is 30.3 Å². The number of carbonyl (C=O) groups excluding carboxylic acids is 2. The number of piperidine rings is 1. The summed E-state index contributed by atoms with van der Waals surface area (Å²) in [6.45, 7) is 5.36. The predicted octanol–water partition coefficient (Wildman–Crippen LogP) is 2.67. The molecule has 1 aliphatic rings. The Morgan fingerprint density at radius 2 is 1.91 bits per heavy atom. The van der Waals surface area contributed by atoms with Crippen molar-refractivity contribution in [2.75, 3.05) is 19.7 Å². The first-order valence-electron chi connectivity index (χ1n) is 8.13. The molecule has 1 aromatic carbocycles. The second-order valence-electron chi connectivity index (χ2n) is 5.71. The predicted molar refractivity (Wildman–Crippen MR) is 88.1 cm³/mol. The fourth-order valence-corrected chi connectivity index (χ4v) is 2.67. The van der Waals surface area contributed by atoms with Crippen LogP contribution in [0.4, 0.5) is 9.59 Å². The first kappa shape index (κ1) is 17.1. The van der Waals surface area contributed by atoms with Gasteiger partial charge >= 0.3 is 12.1 Å². The van der Waals surface area contributed by atoms with Crippen LogP contribution in [0.25, 0.3) is 0 Å². The van der Waals surface area contributed by atoms with Crippen LogP contribution in [-0.4, -0.2) is 42.8 Å². The Hall–Kier alpha value is -2.24. The van der Waals surface area contributed by atoms with Gasteiger partial charge in [-0.2, -0.15) is 0 Å². The molecule has 2 rings (SSSR count). The monoisotopic (exact) mass is 319 g/mol.